The summed E-state index contributed by atoms with van der Waals surface area (Å²) in [4.78, 5) is 13.1. The Morgan fingerprint density at radius 2 is 2.56 bits per heavy atom. The van der Waals surface area contributed by atoms with E-state index in [4.69, 9.17) is 0 Å². The largest absolute Gasteiger partial charge is 0.351 e. The molecule has 1 fully saturated rings. The summed E-state index contributed by atoms with van der Waals surface area (Å²) in [6, 6.07) is 2.14. The second-order valence-corrected chi connectivity index (χ2v) is 5.13. The lowest BCUT2D eigenvalue weighted by atomic mass is 10.1. The second kappa shape index (κ2) is 5.46. The lowest BCUT2D eigenvalue weighted by Gasteiger charge is -2.09. The maximum absolute atomic E-state index is 11.8. The predicted molar refractivity (Wildman–Crippen MR) is 66.5 cm³/mol. The van der Waals surface area contributed by atoms with Gasteiger partial charge < -0.3 is 10.6 Å². The molecule has 1 amide bonds. The lowest BCUT2D eigenvalue weighted by Crippen LogP contribution is -2.31. The van der Waals surface area contributed by atoms with Crippen molar-refractivity contribution >= 4 is 17.2 Å². The highest BCUT2D eigenvalue weighted by Crippen LogP contribution is 2.17. The average Bonchev–Trinajstić information content (AvgIpc) is 2.96. The number of carbonyl (C=O) groups excluding carboxylic acids is 1. The molecule has 3 nitrogen and oxygen atoms in total. The number of thiophene rings is 1. The van der Waals surface area contributed by atoms with Crippen molar-refractivity contribution in [3.63, 3.8) is 0 Å². The minimum absolute atomic E-state index is 0.171. The predicted octanol–water partition coefficient (Wildman–Crippen LogP) is 1.54. The maximum Gasteiger partial charge on any atom is 0.224 e. The molecule has 1 aliphatic rings. The van der Waals surface area contributed by atoms with Crippen molar-refractivity contribution in [3.8, 4) is 0 Å². The van der Waals surface area contributed by atoms with Crippen molar-refractivity contribution in [3.05, 3.63) is 21.9 Å². The van der Waals surface area contributed by atoms with Gasteiger partial charge in [0.15, 0.2) is 0 Å². The fraction of sp³-hybridized carbons (Fsp3) is 0.583. The van der Waals surface area contributed by atoms with Gasteiger partial charge in [0, 0.05) is 11.4 Å². The van der Waals surface area contributed by atoms with Crippen LogP contribution in [0.4, 0.5) is 0 Å². The number of hydrogen-bond acceptors (Lipinski definition) is 3. The minimum atomic E-state index is 0.171. The summed E-state index contributed by atoms with van der Waals surface area (Å²) in [5, 5.41) is 8.34. The Morgan fingerprint density at radius 1 is 1.69 bits per heavy atom. The molecule has 1 saturated heterocycles. The summed E-state index contributed by atoms with van der Waals surface area (Å²) < 4.78 is 0. The van der Waals surface area contributed by atoms with Gasteiger partial charge in [0.1, 0.15) is 0 Å². The van der Waals surface area contributed by atoms with Crippen LogP contribution in [0, 0.1) is 5.92 Å². The molecule has 0 aliphatic carbocycles. The first-order chi connectivity index (χ1) is 7.81. The number of rotatable bonds is 4. The highest BCUT2D eigenvalue weighted by atomic mass is 32.1. The first kappa shape index (κ1) is 11.6. The van der Waals surface area contributed by atoms with Crippen LogP contribution < -0.4 is 10.6 Å². The van der Waals surface area contributed by atoms with Gasteiger partial charge in [-0.1, -0.05) is 6.92 Å². The number of hydrogen-bond donors (Lipinski definition) is 2. The smallest absolute Gasteiger partial charge is 0.224 e. The first-order valence-electron chi connectivity index (χ1n) is 5.85. The quantitative estimate of drug-likeness (QED) is 0.835. The highest BCUT2D eigenvalue weighted by Gasteiger charge is 2.22. The van der Waals surface area contributed by atoms with Crippen LogP contribution in [-0.2, 0) is 17.8 Å². The van der Waals surface area contributed by atoms with Gasteiger partial charge in [-0.15, -0.1) is 11.3 Å². The van der Waals surface area contributed by atoms with E-state index in [1.807, 2.05) is 0 Å². The van der Waals surface area contributed by atoms with Crippen molar-refractivity contribution in [1.82, 2.24) is 10.6 Å². The third-order valence-corrected chi connectivity index (χ3v) is 4.04. The topological polar surface area (TPSA) is 41.1 Å². The zero-order chi connectivity index (χ0) is 11.4. The fourth-order valence-electron chi connectivity index (χ4n) is 2.03. The molecule has 88 valence electrons. The molecule has 0 spiro atoms. The van der Waals surface area contributed by atoms with Crippen LogP contribution in [0.2, 0.25) is 0 Å². The Kier molecular flexibility index (Phi) is 3.96. The van der Waals surface area contributed by atoms with E-state index in [-0.39, 0.29) is 11.8 Å². The molecule has 1 aromatic heterocycles. The van der Waals surface area contributed by atoms with Crippen LogP contribution in [0.5, 0.6) is 0 Å². The number of amides is 1. The van der Waals surface area contributed by atoms with E-state index in [0.717, 1.165) is 25.9 Å². The van der Waals surface area contributed by atoms with Crippen LogP contribution >= 0.6 is 11.3 Å². The molecule has 16 heavy (non-hydrogen) atoms. The SMILES string of the molecule is CCc1ccsc1CNC(=O)C1CCNC1. The zero-order valence-corrected chi connectivity index (χ0v) is 10.4. The Morgan fingerprint density at radius 3 is 3.25 bits per heavy atom. The van der Waals surface area contributed by atoms with Crippen LogP contribution in [0.25, 0.3) is 0 Å². The standard InChI is InChI=1S/C12H18N2OS/c1-2-9-4-6-16-11(9)8-14-12(15)10-3-5-13-7-10/h4,6,10,13H,2-3,5,7-8H2,1H3,(H,14,15). The van der Waals surface area contributed by atoms with Crippen molar-refractivity contribution in [1.29, 1.82) is 0 Å². The van der Waals surface area contributed by atoms with Crippen molar-refractivity contribution in [2.75, 3.05) is 13.1 Å². The highest BCUT2D eigenvalue weighted by molar-refractivity contribution is 7.10. The maximum atomic E-state index is 11.8. The third kappa shape index (κ3) is 2.62. The Bertz CT molecular complexity index is 356. The monoisotopic (exact) mass is 238 g/mol. The molecule has 1 aliphatic heterocycles. The Labute approximate surface area is 100 Å². The molecule has 4 heteroatoms. The van der Waals surface area contributed by atoms with Crippen LogP contribution in [0.15, 0.2) is 11.4 Å². The molecule has 1 unspecified atom stereocenters. The van der Waals surface area contributed by atoms with Gasteiger partial charge in [0.05, 0.1) is 12.5 Å². The first-order valence-corrected chi connectivity index (χ1v) is 6.73. The number of nitrogens with one attached hydrogen (secondary N) is 2. The number of aryl methyl sites for hydroxylation is 1. The second-order valence-electron chi connectivity index (χ2n) is 4.13. The molecule has 0 saturated carbocycles. The fourth-order valence-corrected chi connectivity index (χ4v) is 2.94. The Hall–Kier alpha value is -0.870. The van der Waals surface area contributed by atoms with E-state index in [9.17, 15) is 4.79 Å². The summed E-state index contributed by atoms with van der Waals surface area (Å²) in [6.45, 7) is 4.64. The van der Waals surface area contributed by atoms with Crippen LogP contribution in [0.3, 0.4) is 0 Å². The average molecular weight is 238 g/mol. The lowest BCUT2D eigenvalue weighted by molar-refractivity contribution is -0.124. The van der Waals surface area contributed by atoms with Crippen molar-refractivity contribution in [2.24, 2.45) is 5.92 Å². The Balaban J connectivity index is 1.84. The molecule has 1 aromatic rings. The van der Waals surface area contributed by atoms with Gasteiger partial charge in [-0.2, -0.15) is 0 Å². The molecule has 1 atom stereocenters. The number of carbonyl (C=O) groups is 1. The molecule has 0 bridgehead atoms. The normalized spacial score (nSPS) is 19.9. The van der Waals surface area contributed by atoms with Gasteiger partial charge in [0.2, 0.25) is 5.91 Å². The van der Waals surface area contributed by atoms with Gasteiger partial charge in [-0.25, -0.2) is 0 Å². The van der Waals surface area contributed by atoms with E-state index in [0.29, 0.717) is 6.54 Å². The van der Waals surface area contributed by atoms with E-state index in [1.54, 1.807) is 11.3 Å². The molecule has 2 heterocycles. The van der Waals surface area contributed by atoms with Crippen LogP contribution in [0.1, 0.15) is 23.8 Å². The van der Waals surface area contributed by atoms with E-state index >= 15 is 0 Å². The molecule has 0 radical (unpaired) electrons. The van der Waals surface area contributed by atoms with Gasteiger partial charge >= 0.3 is 0 Å². The van der Waals surface area contributed by atoms with Crippen molar-refractivity contribution in [2.45, 2.75) is 26.3 Å². The van der Waals surface area contributed by atoms with E-state index in [1.165, 1.54) is 10.4 Å². The molecule has 0 aromatic carbocycles. The van der Waals surface area contributed by atoms with Gasteiger partial charge in [0.25, 0.3) is 0 Å². The van der Waals surface area contributed by atoms with E-state index in [2.05, 4.69) is 29.0 Å². The van der Waals surface area contributed by atoms with Crippen molar-refractivity contribution < 1.29 is 4.79 Å². The minimum Gasteiger partial charge on any atom is -0.351 e. The van der Waals surface area contributed by atoms with Gasteiger partial charge in [-0.05, 0) is 36.4 Å². The van der Waals surface area contributed by atoms with Gasteiger partial charge in [-0.3, -0.25) is 4.79 Å². The molecule has 2 rings (SSSR count). The molecular formula is C12H18N2OS. The molecule has 2 N–H and O–H groups in total. The summed E-state index contributed by atoms with van der Waals surface area (Å²) >= 11 is 1.73. The van der Waals surface area contributed by atoms with Crippen LogP contribution in [-0.4, -0.2) is 19.0 Å². The summed E-state index contributed by atoms with van der Waals surface area (Å²) in [5.41, 5.74) is 1.36. The molecular weight excluding hydrogens is 220 g/mol. The third-order valence-electron chi connectivity index (χ3n) is 3.07. The summed E-state index contributed by atoms with van der Waals surface area (Å²) in [6.07, 6.45) is 2.01. The zero-order valence-electron chi connectivity index (χ0n) is 9.58. The summed E-state index contributed by atoms with van der Waals surface area (Å²) in [7, 11) is 0. The van der Waals surface area contributed by atoms with E-state index < -0.39 is 0 Å². The summed E-state index contributed by atoms with van der Waals surface area (Å²) in [5.74, 6) is 0.366.